The lowest BCUT2D eigenvalue weighted by Crippen LogP contribution is -1.91. The Morgan fingerprint density at radius 1 is 0.594 bits per heavy atom. The van der Waals surface area contributed by atoms with Crippen molar-refractivity contribution in [3.63, 3.8) is 0 Å². The lowest BCUT2D eigenvalue weighted by Gasteiger charge is -2.18. The molecule has 0 radical (unpaired) electrons. The Kier molecular flexibility index (Phi) is 5.31. The van der Waals surface area contributed by atoms with Crippen LogP contribution >= 0.6 is 0 Å². The molecule has 0 saturated heterocycles. The molecule has 0 fully saturated rings. The maximum absolute atomic E-state index is 3.71. The highest BCUT2D eigenvalue weighted by Crippen LogP contribution is 2.43. The predicted molar refractivity (Wildman–Crippen MR) is 140 cm³/mol. The van der Waals surface area contributed by atoms with Crippen molar-refractivity contribution in [2.75, 3.05) is 5.32 Å². The van der Waals surface area contributed by atoms with E-state index in [-0.39, 0.29) is 0 Å². The molecule has 0 aromatic heterocycles. The molecule has 0 atom stereocenters. The SMILES string of the molecule is C=C/C=C/Nc1ccc(-c2c3ccccc3c(-c3ccc(C)cc3)c3ccccc23)cc1. The molecule has 5 aromatic carbocycles. The molecule has 0 amide bonds. The smallest absolute Gasteiger partial charge is 0.0380 e. The molecule has 1 heteroatoms. The molecule has 1 nitrogen and oxygen atoms in total. The lowest BCUT2D eigenvalue weighted by molar-refractivity contribution is 1.47. The highest BCUT2D eigenvalue weighted by atomic mass is 14.8. The molecule has 0 unspecified atom stereocenters. The van der Waals surface area contributed by atoms with Crippen LogP contribution in [0, 0.1) is 6.92 Å². The highest BCUT2D eigenvalue weighted by Gasteiger charge is 2.16. The summed E-state index contributed by atoms with van der Waals surface area (Å²) >= 11 is 0. The summed E-state index contributed by atoms with van der Waals surface area (Å²) in [5, 5.41) is 8.38. The van der Waals surface area contributed by atoms with Gasteiger partial charge < -0.3 is 5.32 Å². The van der Waals surface area contributed by atoms with E-state index in [4.69, 9.17) is 0 Å². The maximum atomic E-state index is 3.71. The van der Waals surface area contributed by atoms with E-state index in [1.54, 1.807) is 6.08 Å². The first-order valence-corrected chi connectivity index (χ1v) is 10.9. The summed E-state index contributed by atoms with van der Waals surface area (Å²) in [7, 11) is 0. The number of fused-ring (bicyclic) bond motifs is 2. The topological polar surface area (TPSA) is 12.0 Å². The Balaban J connectivity index is 1.77. The molecule has 32 heavy (non-hydrogen) atoms. The van der Waals surface area contributed by atoms with Gasteiger partial charge in [-0.3, -0.25) is 0 Å². The third-order valence-corrected chi connectivity index (χ3v) is 5.93. The number of aryl methyl sites for hydroxylation is 1. The zero-order chi connectivity index (χ0) is 21.9. The van der Waals surface area contributed by atoms with Gasteiger partial charge in [-0.1, -0.05) is 103 Å². The summed E-state index contributed by atoms with van der Waals surface area (Å²) in [5.41, 5.74) is 7.37. The van der Waals surface area contributed by atoms with Crippen LogP contribution < -0.4 is 5.32 Å². The van der Waals surface area contributed by atoms with E-state index in [2.05, 4.69) is 116 Å². The molecule has 5 rings (SSSR count). The van der Waals surface area contributed by atoms with Crippen molar-refractivity contribution in [1.82, 2.24) is 0 Å². The summed E-state index contributed by atoms with van der Waals surface area (Å²) in [6, 6.07) is 35.0. The molecular weight excluding hydrogens is 386 g/mol. The molecule has 0 heterocycles. The van der Waals surface area contributed by atoms with E-state index in [0.29, 0.717) is 0 Å². The van der Waals surface area contributed by atoms with E-state index in [0.717, 1.165) is 5.69 Å². The van der Waals surface area contributed by atoms with Crippen molar-refractivity contribution in [1.29, 1.82) is 0 Å². The second-order valence-electron chi connectivity index (χ2n) is 8.02. The zero-order valence-corrected chi connectivity index (χ0v) is 18.2. The largest absolute Gasteiger partial charge is 0.362 e. The number of hydrogen-bond donors (Lipinski definition) is 1. The number of anilines is 1. The standard InChI is InChI=1S/C31H25N/c1-3-4-21-32-25-19-17-24(18-20-25)31-28-11-7-5-9-26(28)30(23-15-13-22(2)14-16-23)27-10-6-8-12-29(27)31/h3-21,32H,1H2,2H3/b21-4+. The van der Waals surface area contributed by atoms with Gasteiger partial charge >= 0.3 is 0 Å². The van der Waals surface area contributed by atoms with Gasteiger partial charge in [-0.15, -0.1) is 0 Å². The molecule has 0 saturated carbocycles. The van der Waals surface area contributed by atoms with Gasteiger partial charge in [0.05, 0.1) is 0 Å². The van der Waals surface area contributed by atoms with E-state index in [1.807, 2.05) is 12.3 Å². The van der Waals surface area contributed by atoms with Crippen molar-refractivity contribution < 1.29 is 0 Å². The minimum Gasteiger partial charge on any atom is -0.362 e. The van der Waals surface area contributed by atoms with Gasteiger partial charge in [0.2, 0.25) is 0 Å². The second-order valence-corrected chi connectivity index (χ2v) is 8.02. The first-order chi connectivity index (χ1) is 15.8. The average molecular weight is 412 g/mol. The Hall–Kier alpha value is -4.10. The molecule has 0 aliphatic rings. The van der Waals surface area contributed by atoms with Crippen LogP contribution in [0.15, 0.2) is 122 Å². The number of allylic oxidation sites excluding steroid dienone is 2. The average Bonchev–Trinajstić information content (AvgIpc) is 2.84. The maximum Gasteiger partial charge on any atom is 0.0380 e. The first-order valence-electron chi connectivity index (χ1n) is 10.9. The number of rotatable bonds is 5. The fourth-order valence-electron chi connectivity index (χ4n) is 4.42. The van der Waals surface area contributed by atoms with Crippen LogP contribution in [0.1, 0.15) is 5.56 Å². The predicted octanol–water partition coefficient (Wildman–Crippen LogP) is 8.75. The Labute approximate surface area is 189 Å². The normalized spacial score (nSPS) is 11.3. The van der Waals surface area contributed by atoms with Crippen LogP contribution in [-0.2, 0) is 0 Å². The van der Waals surface area contributed by atoms with Gasteiger partial charge in [-0.25, -0.2) is 0 Å². The first kappa shape index (κ1) is 19.8. The Bertz CT molecular complexity index is 1380. The van der Waals surface area contributed by atoms with E-state index >= 15 is 0 Å². The molecule has 0 bridgehead atoms. The lowest BCUT2D eigenvalue weighted by atomic mass is 9.86. The molecule has 1 N–H and O–H groups in total. The zero-order valence-electron chi connectivity index (χ0n) is 18.2. The number of benzene rings is 5. The number of hydrogen-bond acceptors (Lipinski definition) is 1. The monoisotopic (exact) mass is 411 g/mol. The summed E-state index contributed by atoms with van der Waals surface area (Å²) in [4.78, 5) is 0. The van der Waals surface area contributed by atoms with E-state index < -0.39 is 0 Å². The van der Waals surface area contributed by atoms with Gasteiger partial charge in [0.1, 0.15) is 0 Å². The third-order valence-electron chi connectivity index (χ3n) is 5.93. The van der Waals surface area contributed by atoms with Crippen molar-refractivity contribution in [3.05, 3.63) is 128 Å². The van der Waals surface area contributed by atoms with Crippen LogP contribution in [0.2, 0.25) is 0 Å². The van der Waals surface area contributed by atoms with Crippen LogP contribution in [0.3, 0.4) is 0 Å². The summed E-state index contributed by atoms with van der Waals surface area (Å²) in [6.07, 6.45) is 5.54. The van der Waals surface area contributed by atoms with Crippen LogP contribution in [-0.4, -0.2) is 0 Å². The van der Waals surface area contributed by atoms with Gasteiger partial charge in [0.25, 0.3) is 0 Å². The van der Waals surface area contributed by atoms with Gasteiger partial charge in [0.15, 0.2) is 0 Å². The molecular formula is C31H25N. The summed E-state index contributed by atoms with van der Waals surface area (Å²) in [5.74, 6) is 0. The molecule has 0 aliphatic heterocycles. The summed E-state index contributed by atoms with van der Waals surface area (Å²) in [6.45, 7) is 5.84. The quantitative estimate of drug-likeness (QED) is 0.225. The van der Waals surface area contributed by atoms with Gasteiger partial charge in [-0.05, 0) is 68.9 Å². The van der Waals surface area contributed by atoms with Crippen LogP contribution in [0.25, 0.3) is 43.8 Å². The van der Waals surface area contributed by atoms with Crippen LogP contribution in [0.5, 0.6) is 0 Å². The minimum absolute atomic E-state index is 1.05. The van der Waals surface area contributed by atoms with E-state index in [1.165, 1.54) is 49.4 Å². The van der Waals surface area contributed by atoms with Crippen molar-refractivity contribution in [3.8, 4) is 22.3 Å². The van der Waals surface area contributed by atoms with Crippen molar-refractivity contribution >= 4 is 27.2 Å². The fourth-order valence-corrected chi connectivity index (χ4v) is 4.42. The molecule has 0 spiro atoms. The number of nitrogens with one attached hydrogen (secondary N) is 1. The highest BCUT2D eigenvalue weighted by molar-refractivity contribution is 6.21. The van der Waals surface area contributed by atoms with Crippen molar-refractivity contribution in [2.24, 2.45) is 0 Å². The van der Waals surface area contributed by atoms with Crippen LogP contribution in [0.4, 0.5) is 5.69 Å². The van der Waals surface area contributed by atoms with E-state index in [9.17, 15) is 0 Å². The third kappa shape index (κ3) is 3.59. The minimum atomic E-state index is 1.05. The molecule has 154 valence electrons. The fraction of sp³-hybridized carbons (Fsp3) is 0.0323. The molecule has 0 aliphatic carbocycles. The second kappa shape index (κ2) is 8.56. The van der Waals surface area contributed by atoms with Crippen molar-refractivity contribution in [2.45, 2.75) is 6.92 Å². The molecule has 5 aromatic rings. The Morgan fingerprint density at radius 2 is 1.03 bits per heavy atom. The van der Waals surface area contributed by atoms with Gasteiger partial charge in [-0.2, -0.15) is 0 Å². The van der Waals surface area contributed by atoms with Gasteiger partial charge in [0, 0.05) is 11.9 Å². The summed E-state index contributed by atoms with van der Waals surface area (Å²) < 4.78 is 0. The Morgan fingerprint density at radius 3 is 1.47 bits per heavy atom.